The Bertz CT molecular complexity index is 830. The summed E-state index contributed by atoms with van der Waals surface area (Å²) in [7, 11) is 1.62. The van der Waals surface area contributed by atoms with Gasteiger partial charge in [0.2, 0.25) is 5.91 Å². The SMILES string of the molecule is C[C@H]1CCCCN1CCCNC(=O)Cc1nn(C)c(=O)c2ccccc12. The molecular formula is C20H28N4O2. The number of amides is 1. The minimum Gasteiger partial charge on any atom is -0.356 e. The van der Waals surface area contributed by atoms with Crippen LogP contribution in [0.5, 0.6) is 0 Å². The molecule has 0 aliphatic carbocycles. The van der Waals surface area contributed by atoms with Crippen LogP contribution >= 0.6 is 0 Å². The zero-order chi connectivity index (χ0) is 18.5. The molecule has 1 fully saturated rings. The summed E-state index contributed by atoms with van der Waals surface area (Å²) in [6.07, 6.45) is 5.03. The number of benzene rings is 1. The molecule has 2 aromatic rings. The molecule has 0 spiro atoms. The first-order valence-electron chi connectivity index (χ1n) is 9.52. The Kier molecular flexibility index (Phi) is 6.04. The number of hydrogen-bond acceptors (Lipinski definition) is 4. The number of aryl methyl sites for hydroxylation is 1. The number of likely N-dealkylation sites (tertiary alicyclic amines) is 1. The van der Waals surface area contributed by atoms with Crippen LogP contribution in [0.25, 0.3) is 10.8 Å². The number of aromatic nitrogens is 2. The van der Waals surface area contributed by atoms with E-state index < -0.39 is 0 Å². The zero-order valence-electron chi connectivity index (χ0n) is 15.7. The molecule has 2 heterocycles. The van der Waals surface area contributed by atoms with E-state index >= 15 is 0 Å². The molecule has 1 atom stereocenters. The number of piperidine rings is 1. The Morgan fingerprint density at radius 2 is 2.04 bits per heavy atom. The second-order valence-corrected chi connectivity index (χ2v) is 7.18. The van der Waals surface area contributed by atoms with Crippen LogP contribution in [0.15, 0.2) is 29.1 Å². The molecule has 0 saturated carbocycles. The lowest BCUT2D eigenvalue weighted by Gasteiger charge is -2.33. The lowest BCUT2D eigenvalue weighted by atomic mass is 10.0. The maximum Gasteiger partial charge on any atom is 0.274 e. The first kappa shape index (κ1) is 18.6. The summed E-state index contributed by atoms with van der Waals surface area (Å²) in [5, 5.41) is 8.64. The van der Waals surface area contributed by atoms with Crippen molar-refractivity contribution in [2.75, 3.05) is 19.6 Å². The molecule has 26 heavy (non-hydrogen) atoms. The van der Waals surface area contributed by atoms with E-state index in [-0.39, 0.29) is 17.9 Å². The summed E-state index contributed by atoms with van der Waals surface area (Å²) in [5.41, 5.74) is 0.505. The third kappa shape index (κ3) is 4.30. The van der Waals surface area contributed by atoms with Crippen molar-refractivity contribution in [2.45, 2.75) is 45.1 Å². The van der Waals surface area contributed by atoms with Gasteiger partial charge in [0.15, 0.2) is 0 Å². The van der Waals surface area contributed by atoms with Crippen LogP contribution in [0.4, 0.5) is 0 Å². The molecule has 1 aliphatic rings. The number of hydrogen-bond donors (Lipinski definition) is 1. The summed E-state index contributed by atoms with van der Waals surface area (Å²) in [4.78, 5) is 27.0. The van der Waals surface area contributed by atoms with E-state index in [1.54, 1.807) is 13.1 Å². The second-order valence-electron chi connectivity index (χ2n) is 7.18. The lowest BCUT2D eigenvalue weighted by Crippen LogP contribution is -2.39. The molecule has 1 amide bonds. The molecule has 140 valence electrons. The predicted molar refractivity (Wildman–Crippen MR) is 103 cm³/mol. The van der Waals surface area contributed by atoms with Crippen molar-refractivity contribution in [3.8, 4) is 0 Å². The van der Waals surface area contributed by atoms with Crippen LogP contribution < -0.4 is 10.9 Å². The highest BCUT2D eigenvalue weighted by Crippen LogP contribution is 2.16. The molecule has 0 radical (unpaired) electrons. The summed E-state index contributed by atoms with van der Waals surface area (Å²) in [6, 6.07) is 7.98. The Morgan fingerprint density at radius 1 is 1.27 bits per heavy atom. The fourth-order valence-electron chi connectivity index (χ4n) is 3.72. The van der Waals surface area contributed by atoms with Gasteiger partial charge in [0.25, 0.3) is 5.56 Å². The molecule has 1 N–H and O–H groups in total. The van der Waals surface area contributed by atoms with Crippen molar-refractivity contribution >= 4 is 16.7 Å². The summed E-state index contributed by atoms with van der Waals surface area (Å²) in [6.45, 7) is 5.16. The van der Waals surface area contributed by atoms with Gasteiger partial charge in [0.1, 0.15) is 0 Å². The Morgan fingerprint density at radius 3 is 2.81 bits per heavy atom. The quantitative estimate of drug-likeness (QED) is 0.802. The normalized spacial score (nSPS) is 18.2. The van der Waals surface area contributed by atoms with Gasteiger partial charge in [-0.2, -0.15) is 5.10 Å². The van der Waals surface area contributed by atoms with Gasteiger partial charge in [-0.25, -0.2) is 4.68 Å². The first-order valence-corrected chi connectivity index (χ1v) is 9.52. The minimum atomic E-state index is -0.139. The highest BCUT2D eigenvalue weighted by molar-refractivity contribution is 5.88. The van der Waals surface area contributed by atoms with E-state index in [0.29, 0.717) is 23.7 Å². The summed E-state index contributed by atoms with van der Waals surface area (Å²) in [5.74, 6) is -0.0482. The second kappa shape index (κ2) is 8.45. The minimum absolute atomic E-state index is 0.0482. The van der Waals surface area contributed by atoms with E-state index in [4.69, 9.17) is 0 Å². The third-order valence-electron chi connectivity index (χ3n) is 5.25. The summed E-state index contributed by atoms with van der Waals surface area (Å²) >= 11 is 0. The number of nitrogens with zero attached hydrogens (tertiary/aromatic N) is 3. The van der Waals surface area contributed by atoms with Gasteiger partial charge < -0.3 is 10.2 Å². The van der Waals surface area contributed by atoms with Gasteiger partial charge in [-0.1, -0.05) is 24.6 Å². The molecule has 6 nitrogen and oxygen atoms in total. The first-order chi connectivity index (χ1) is 12.6. The molecule has 3 rings (SSSR count). The van der Waals surface area contributed by atoms with Crippen molar-refractivity contribution in [3.05, 3.63) is 40.3 Å². The Labute approximate surface area is 154 Å². The Balaban J connectivity index is 1.55. The maximum atomic E-state index is 12.3. The lowest BCUT2D eigenvalue weighted by molar-refractivity contribution is -0.120. The summed E-state index contributed by atoms with van der Waals surface area (Å²) < 4.78 is 1.31. The van der Waals surface area contributed by atoms with E-state index in [2.05, 4.69) is 22.2 Å². The number of fused-ring (bicyclic) bond motifs is 1. The van der Waals surface area contributed by atoms with Gasteiger partial charge in [-0.15, -0.1) is 0 Å². The fraction of sp³-hybridized carbons (Fsp3) is 0.550. The number of carbonyl (C=O) groups is 1. The van der Waals surface area contributed by atoms with E-state index in [1.165, 1.54) is 30.5 Å². The molecule has 0 bridgehead atoms. The molecule has 0 unspecified atom stereocenters. The van der Waals surface area contributed by atoms with Crippen molar-refractivity contribution in [1.29, 1.82) is 0 Å². The molecule has 1 aliphatic heterocycles. The van der Waals surface area contributed by atoms with Gasteiger partial charge >= 0.3 is 0 Å². The van der Waals surface area contributed by atoms with Crippen LogP contribution in [0.3, 0.4) is 0 Å². The van der Waals surface area contributed by atoms with Gasteiger partial charge in [0.05, 0.1) is 17.5 Å². The fourth-order valence-corrected chi connectivity index (χ4v) is 3.72. The number of carbonyl (C=O) groups excluding carboxylic acids is 1. The zero-order valence-corrected chi connectivity index (χ0v) is 15.7. The van der Waals surface area contributed by atoms with E-state index in [0.717, 1.165) is 18.4 Å². The van der Waals surface area contributed by atoms with Gasteiger partial charge in [-0.3, -0.25) is 9.59 Å². The molecule has 1 aromatic heterocycles. The topological polar surface area (TPSA) is 67.2 Å². The predicted octanol–water partition coefficient (Wildman–Crippen LogP) is 1.86. The van der Waals surface area contributed by atoms with Crippen molar-refractivity contribution < 1.29 is 4.79 Å². The van der Waals surface area contributed by atoms with E-state index in [9.17, 15) is 9.59 Å². The van der Waals surface area contributed by atoms with Crippen LogP contribution in [-0.2, 0) is 18.3 Å². The van der Waals surface area contributed by atoms with Crippen LogP contribution in [0.2, 0.25) is 0 Å². The van der Waals surface area contributed by atoms with E-state index in [1.807, 2.05) is 18.2 Å². The highest BCUT2D eigenvalue weighted by Gasteiger charge is 2.17. The molecule has 1 saturated heterocycles. The molecule has 6 heteroatoms. The number of nitrogens with one attached hydrogen (secondary N) is 1. The van der Waals surface area contributed by atoms with Gasteiger partial charge in [-0.05, 0) is 38.8 Å². The largest absolute Gasteiger partial charge is 0.356 e. The highest BCUT2D eigenvalue weighted by atomic mass is 16.1. The number of rotatable bonds is 6. The van der Waals surface area contributed by atoms with Crippen molar-refractivity contribution in [3.63, 3.8) is 0 Å². The van der Waals surface area contributed by atoms with Gasteiger partial charge in [0, 0.05) is 31.6 Å². The van der Waals surface area contributed by atoms with Crippen molar-refractivity contribution in [2.24, 2.45) is 7.05 Å². The third-order valence-corrected chi connectivity index (χ3v) is 5.25. The molecule has 1 aromatic carbocycles. The molecular weight excluding hydrogens is 328 g/mol. The standard InChI is InChI=1S/C20H28N4O2/c1-15-8-5-6-12-24(15)13-7-11-21-19(25)14-18-16-9-3-4-10-17(16)20(26)23(2)22-18/h3-4,9-10,15H,5-8,11-14H2,1-2H3,(H,21,25)/t15-/m0/s1. The van der Waals surface area contributed by atoms with Crippen molar-refractivity contribution in [1.82, 2.24) is 20.0 Å². The monoisotopic (exact) mass is 356 g/mol. The van der Waals surface area contributed by atoms with Crippen LogP contribution in [0, 0.1) is 0 Å². The van der Waals surface area contributed by atoms with Crippen LogP contribution in [-0.4, -0.2) is 46.3 Å². The average molecular weight is 356 g/mol. The maximum absolute atomic E-state index is 12.3. The smallest absolute Gasteiger partial charge is 0.274 e. The van der Waals surface area contributed by atoms with Crippen LogP contribution in [0.1, 0.15) is 38.3 Å². The average Bonchev–Trinajstić information content (AvgIpc) is 2.64. The Hall–Kier alpha value is -2.21.